The van der Waals surface area contributed by atoms with Gasteiger partial charge in [-0.2, -0.15) is 0 Å². The second kappa shape index (κ2) is 6.10. The molecular formula is C13H17Cl2NO3S. The number of rotatable bonds is 4. The fourth-order valence-corrected chi connectivity index (χ4v) is 4.01. The van der Waals surface area contributed by atoms with Crippen LogP contribution in [-0.2, 0) is 9.84 Å². The van der Waals surface area contributed by atoms with Crippen molar-refractivity contribution in [1.82, 2.24) is 5.32 Å². The van der Waals surface area contributed by atoms with Crippen LogP contribution in [0.25, 0.3) is 0 Å². The summed E-state index contributed by atoms with van der Waals surface area (Å²) in [6.07, 6.45) is 1.98. The average Bonchev–Trinajstić information content (AvgIpc) is 2.27. The number of nitrogens with one attached hydrogen (secondary N) is 1. The molecule has 0 saturated heterocycles. The normalized spacial score (nSPS) is 20.1. The number of fused-ring (bicyclic) bond motifs is 1. The van der Waals surface area contributed by atoms with Gasteiger partial charge >= 0.3 is 0 Å². The van der Waals surface area contributed by atoms with E-state index in [4.69, 9.17) is 27.9 Å². The minimum atomic E-state index is -3.01. The second-order valence-corrected chi connectivity index (χ2v) is 8.18. The van der Waals surface area contributed by atoms with Gasteiger partial charge in [0.2, 0.25) is 0 Å². The monoisotopic (exact) mass is 337 g/mol. The maximum absolute atomic E-state index is 11.3. The molecule has 1 aromatic carbocycles. The highest BCUT2D eigenvalue weighted by Crippen LogP contribution is 2.40. The van der Waals surface area contributed by atoms with Crippen molar-refractivity contribution in [2.45, 2.75) is 25.4 Å². The summed E-state index contributed by atoms with van der Waals surface area (Å²) in [5, 5.41) is 4.33. The van der Waals surface area contributed by atoms with Crippen LogP contribution in [0.2, 0.25) is 10.0 Å². The van der Waals surface area contributed by atoms with Crippen LogP contribution < -0.4 is 10.1 Å². The Bertz CT molecular complexity index is 604. The molecule has 4 nitrogen and oxygen atoms in total. The van der Waals surface area contributed by atoms with Crippen molar-refractivity contribution in [2.75, 3.05) is 18.6 Å². The Morgan fingerprint density at radius 1 is 1.45 bits per heavy atom. The summed E-state index contributed by atoms with van der Waals surface area (Å²) in [5.41, 5.74) is 0.883. The molecule has 0 fully saturated rings. The summed E-state index contributed by atoms with van der Waals surface area (Å²) in [5.74, 6) is 0.722. The molecule has 2 unspecified atom stereocenters. The van der Waals surface area contributed by atoms with Crippen molar-refractivity contribution >= 4 is 33.0 Å². The number of hydrogen-bond donors (Lipinski definition) is 1. The molecule has 2 atom stereocenters. The van der Waals surface area contributed by atoms with E-state index in [0.717, 1.165) is 12.0 Å². The quantitative estimate of drug-likeness (QED) is 0.917. The van der Waals surface area contributed by atoms with Crippen molar-refractivity contribution in [1.29, 1.82) is 0 Å². The highest BCUT2D eigenvalue weighted by molar-refractivity contribution is 7.90. The molecule has 0 radical (unpaired) electrons. The fourth-order valence-electron chi connectivity index (χ4n) is 2.44. The molecule has 1 N–H and O–H groups in total. The number of sulfone groups is 1. The fraction of sp³-hybridized carbons (Fsp3) is 0.538. The van der Waals surface area contributed by atoms with Gasteiger partial charge in [-0.25, -0.2) is 8.42 Å². The second-order valence-electron chi connectivity index (χ2n) is 5.16. The molecule has 0 spiro atoms. The van der Waals surface area contributed by atoms with E-state index in [2.05, 4.69) is 5.32 Å². The first-order valence-corrected chi connectivity index (χ1v) is 9.13. The van der Waals surface area contributed by atoms with Gasteiger partial charge in [0.25, 0.3) is 0 Å². The highest BCUT2D eigenvalue weighted by Gasteiger charge is 2.26. The molecule has 1 aliphatic heterocycles. The van der Waals surface area contributed by atoms with Crippen LogP contribution in [0.15, 0.2) is 12.1 Å². The van der Waals surface area contributed by atoms with Crippen LogP contribution >= 0.6 is 23.2 Å². The molecule has 2 rings (SSSR count). The zero-order chi connectivity index (χ0) is 14.9. The SMILES string of the molecule is CC(CS(C)(=O)=O)NC1CCOc2c(Cl)cc(Cl)cc21. The van der Waals surface area contributed by atoms with Crippen LogP contribution in [-0.4, -0.2) is 33.1 Å². The van der Waals surface area contributed by atoms with E-state index in [1.165, 1.54) is 6.26 Å². The Labute approximate surface area is 129 Å². The zero-order valence-corrected chi connectivity index (χ0v) is 13.6. The summed E-state index contributed by atoms with van der Waals surface area (Å²) >= 11 is 12.1. The lowest BCUT2D eigenvalue weighted by atomic mass is 10.00. The predicted octanol–water partition coefficient (Wildman–Crippen LogP) is 2.84. The Balaban J connectivity index is 2.20. The smallest absolute Gasteiger partial charge is 0.148 e. The van der Waals surface area contributed by atoms with Gasteiger partial charge in [0.1, 0.15) is 15.6 Å². The summed E-state index contributed by atoms with van der Waals surface area (Å²) in [4.78, 5) is 0. The molecule has 112 valence electrons. The molecule has 20 heavy (non-hydrogen) atoms. The van der Waals surface area contributed by atoms with Gasteiger partial charge in [-0.15, -0.1) is 0 Å². The third kappa shape index (κ3) is 4.01. The first kappa shape index (κ1) is 15.9. The molecule has 7 heteroatoms. The maximum atomic E-state index is 11.3. The van der Waals surface area contributed by atoms with Crippen LogP contribution in [0.5, 0.6) is 5.75 Å². The molecule has 0 aliphatic carbocycles. The van der Waals surface area contributed by atoms with E-state index < -0.39 is 9.84 Å². The van der Waals surface area contributed by atoms with Gasteiger partial charge in [-0.05, 0) is 19.1 Å². The standard InChI is InChI=1S/C13H17Cl2NO3S/c1-8(7-20(2,17)18)16-12-3-4-19-13-10(12)5-9(14)6-11(13)15/h5-6,8,12,16H,3-4,7H2,1-2H3. The molecule has 0 bridgehead atoms. The lowest BCUT2D eigenvalue weighted by Crippen LogP contribution is -2.37. The molecule has 1 aliphatic rings. The van der Waals surface area contributed by atoms with Gasteiger partial charge in [0, 0.05) is 35.3 Å². The van der Waals surface area contributed by atoms with E-state index >= 15 is 0 Å². The van der Waals surface area contributed by atoms with Crippen LogP contribution in [0, 0.1) is 0 Å². The molecule has 1 heterocycles. The van der Waals surface area contributed by atoms with Crippen molar-refractivity contribution in [3.63, 3.8) is 0 Å². The van der Waals surface area contributed by atoms with Crippen LogP contribution in [0.1, 0.15) is 24.9 Å². The average molecular weight is 338 g/mol. The van der Waals surface area contributed by atoms with Crippen molar-refractivity contribution in [2.24, 2.45) is 0 Å². The Morgan fingerprint density at radius 2 is 2.15 bits per heavy atom. The Kier molecular flexibility index (Phi) is 4.84. The van der Waals surface area contributed by atoms with E-state index in [0.29, 0.717) is 22.4 Å². The summed E-state index contributed by atoms with van der Waals surface area (Å²) in [6.45, 7) is 2.39. The predicted molar refractivity (Wildman–Crippen MR) is 81.6 cm³/mol. The summed E-state index contributed by atoms with van der Waals surface area (Å²) < 4.78 is 28.2. The van der Waals surface area contributed by atoms with Crippen LogP contribution in [0.4, 0.5) is 0 Å². The van der Waals surface area contributed by atoms with E-state index in [-0.39, 0.29) is 17.8 Å². The lowest BCUT2D eigenvalue weighted by Gasteiger charge is -2.30. The first-order chi connectivity index (χ1) is 9.26. The van der Waals surface area contributed by atoms with Crippen molar-refractivity contribution < 1.29 is 13.2 Å². The Morgan fingerprint density at radius 3 is 2.80 bits per heavy atom. The first-order valence-electron chi connectivity index (χ1n) is 6.32. The van der Waals surface area contributed by atoms with Gasteiger partial charge < -0.3 is 10.1 Å². The molecule has 0 aromatic heterocycles. The minimum Gasteiger partial charge on any atom is -0.492 e. The van der Waals surface area contributed by atoms with Crippen LogP contribution in [0.3, 0.4) is 0 Å². The number of ether oxygens (including phenoxy) is 1. The largest absolute Gasteiger partial charge is 0.492 e. The Hall–Kier alpha value is -0.490. The van der Waals surface area contributed by atoms with Crippen molar-refractivity contribution in [3.8, 4) is 5.75 Å². The molecule has 0 saturated carbocycles. The van der Waals surface area contributed by atoms with Crippen molar-refractivity contribution in [3.05, 3.63) is 27.7 Å². The van der Waals surface area contributed by atoms with Gasteiger partial charge in [0.15, 0.2) is 0 Å². The third-order valence-electron chi connectivity index (χ3n) is 3.10. The van der Waals surface area contributed by atoms with E-state index in [1.807, 2.05) is 13.0 Å². The molecule has 0 amide bonds. The maximum Gasteiger partial charge on any atom is 0.148 e. The van der Waals surface area contributed by atoms with Gasteiger partial charge in [-0.3, -0.25) is 0 Å². The summed E-state index contributed by atoms with van der Waals surface area (Å²) in [6, 6.07) is 3.29. The third-order valence-corrected chi connectivity index (χ3v) is 4.71. The van der Waals surface area contributed by atoms with Gasteiger partial charge in [-0.1, -0.05) is 23.2 Å². The number of halogens is 2. The zero-order valence-electron chi connectivity index (χ0n) is 11.3. The number of hydrogen-bond acceptors (Lipinski definition) is 4. The summed E-state index contributed by atoms with van der Waals surface area (Å²) in [7, 11) is -3.01. The molecule has 1 aromatic rings. The lowest BCUT2D eigenvalue weighted by molar-refractivity contribution is 0.248. The number of benzene rings is 1. The topological polar surface area (TPSA) is 55.4 Å². The van der Waals surface area contributed by atoms with Gasteiger partial charge in [0.05, 0.1) is 17.4 Å². The minimum absolute atomic E-state index is 0.00769. The van der Waals surface area contributed by atoms with E-state index in [9.17, 15) is 8.42 Å². The highest BCUT2D eigenvalue weighted by atomic mass is 35.5. The molecular weight excluding hydrogens is 321 g/mol. The van der Waals surface area contributed by atoms with E-state index in [1.54, 1.807) is 6.07 Å².